The highest BCUT2D eigenvalue weighted by atomic mass is 16.6. The molecule has 0 saturated carbocycles. The first-order valence-corrected chi connectivity index (χ1v) is 8.77. The van der Waals surface area contributed by atoms with E-state index in [-0.39, 0.29) is 5.69 Å². The van der Waals surface area contributed by atoms with Crippen LogP contribution in [0.4, 0.5) is 11.4 Å². The van der Waals surface area contributed by atoms with Crippen molar-refractivity contribution in [3.05, 3.63) is 33.9 Å². The van der Waals surface area contributed by atoms with Gasteiger partial charge in [0.15, 0.2) is 0 Å². The molecule has 0 unspecified atom stereocenters. The highest BCUT2D eigenvalue weighted by Gasteiger charge is 2.27. The maximum absolute atomic E-state index is 10.9. The van der Waals surface area contributed by atoms with E-state index >= 15 is 0 Å². The first-order chi connectivity index (χ1) is 11.6. The maximum Gasteiger partial charge on any atom is 0.270 e. The van der Waals surface area contributed by atoms with Gasteiger partial charge in [-0.1, -0.05) is 26.7 Å². The van der Waals surface area contributed by atoms with Gasteiger partial charge in [0.05, 0.1) is 16.2 Å². The fourth-order valence-electron chi connectivity index (χ4n) is 3.61. The molecule has 1 saturated heterocycles. The number of nitrogens with one attached hydrogen (secondary N) is 1. The number of nitriles is 1. The van der Waals surface area contributed by atoms with Crippen LogP contribution in [0.25, 0.3) is 0 Å². The first-order valence-electron chi connectivity index (χ1n) is 8.77. The summed E-state index contributed by atoms with van der Waals surface area (Å²) in [7, 11) is 0. The second-order valence-electron chi connectivity index (χ2n) is 6.37. The van der Waals surface area contributed by atoms with Crippen LogP contribution in [0.15, 0.2) is 18.2 Å². The number of nitro benzene ring substituents is 1. The number of hydrogen-bond donors (Lipinski definition) is 1. The molecule has 6 nitrogen and oxygen atoms in total. The predicted octanol–water partition coefficient (Wildman–Crippen LogP) is 3.78. The number of nitro groups is 1. The van der Waals surface area contributed by atoms with E-state index in [1.54, 1.807) is 6.07 Å². The van der Waals surface area contributed by atoms with Crippen molar-refractivity contribution in [2.24, 2.45) is 5.92 Å². The summed E-state index contributed by atoms with van der Waals surface area (Å²) in [4.78, 5) is 12.9. The Kier molecular flexibility index (Phi) is 6.56. The summed E-state index contributed by atoms with van der Waals surface area (Å²) in [5, 5.41) is 23.5. The summed E-state index contributed by atoms with van der Waals surface area (Å²) < 4.78 is 0. The third kappa shape index (κ3) is 4.24. The number of non-ortho nitro benzene ring substituents is 1. The number of anilines is 1. The quantitative estimate of drug-likeness (QED) is 0.579. The van der Waals surface area contributed by atoms with E-state index < -0.39 is 4.92 Å². The fourth-order valence-corrected chi connectivity index (χ4v) is 3.61. The van der Waals surface area contributed by atoms with Crippen molar-refractivity contribution >= 4 is 11.4 Å². The van der Waals surface area contributed by atoms with Crippen LogP contribution in [0.3, 0.4) is 0 Å². The minimum Gasteiger partial charge on any atom is -0.382 e. The maximum atomic E-state index is 10.9. The van der Waals surface area contributed by atoms with Crippen molar-refractivity contribution in [2.75, 3.05) is 25.0 Å². The molecule has 1 aromatic rings. The molecule has 1 atom stereocenters. The van der Waals surface area contributed by atoms with Crippen LogP contribution in [0, 0.1) is 27.4 Å². The van der Waals surface area contributed by atoms with Crippen LogP contribution in [0.5, 0.6) is 0 Å². The average Bonchev–Trinajstić information content (AvgIpc) is 3.12. The fraction of sp³-hybridized carbons (Fsp3) is 0.611. The lowest BCUT2D eigenvalue weighted by Crippen LogP contribution is -2.43. The molecule has 1 fully saturated rings. The van der Waals surface area contributed by atoms with E-state index in [0.29, 0.717) is 23.2 Å². The Labute approximate surface area is 143 Å². The normalized spacial score (nSPS) is 16.1. The van der Waals surface area contributed by atoms with Gasteiger partial charge < -0.3 is 5.32 Å². The molecule has 1 aliphatic heterocycles. The highest BCUT2D eigenvalue weighted by molar-refractivity contribution is 5.61. The zero-order valence-electron chi connectivity index (χ0n) is 14.5. The standard InChI is InChI=1S/C18H26N4O2/c1-3-14(4-2)18(21-9-5-6-10-21)13-20-17-8-7-16(22(23)24)11-15(17)12-19/h7-8,11,14,18,20H,3-6,9-10,13H2,1-2H3/t18-/m0/s1. The number of likely N-dealkylation sites (tertiary alicyclic amines) is 1. The lowest BCUT2D eigenvalue weighted by molar-refractivity contribution is -0.384. The summed E-state index contributed by atoms with van der Waals surface area (Å²) in [5.41, 5.74) is 0.959. The molecule has 1 aliphatic rings. The van der Waals surface area contributed by atoms with Crippen LogP contribution in [-0.2, 0) is 0 Å². The average molecular weight is 330 g/mol. The van der Waals surface area contributed by atoms with Gasteiger partial charge in [0.1, 0.15) is 6.07 Å². The monoisotopic (exact) mass is 330 g/mol. The molecular weight excluding hydrogens is 304 g/mol. The Morgan fingerprint density at radius 3 is 2.54 bits per heavy atom. The number of benzene rings is 1. The largest absolute Gasteiger partial charge is 0.382 e. The van der Waals surface area contributed by atoms with E-state index in [4.69, 9.17) is 0 Å². The molecule has 1 N–H and O–H groups in total. The summed E-state index contributed by atoms with van der Waals surface area (Å²) >= 11 is 0. The Hall–Kier alpha value is -2.13. The molecule has 0 bridgehead atoms. The molecule has 1 aromatic carbocycles. The minimum atomic E-state index is -0.470. The van der Waals surface area contributed by atoms with Crippen LogP contribution >= 0.6 is 0 Å². The molecule has 130 valence electrons. The van der Waals surface area contributed by atoms with Crippen molar-refractivity contribution in [3.8, 4) is 6.07 Å². The second kappa shape index (κ2) is 8.65. The van der Waals surface area contributed by atoms with Crippen molar-refractivity contribution in [1.29, 1.82) is 5.26 Å². The van der Waals surface area contributed by atoms with Gasteiger partial charge in [0.25, 0.3) is 5.69 Å². The van der Waals surface area contributed by atoms with Gasteiger partial charge in [-0.2, -0.15) is 5.26 Å². The Bertz CT molecular complexity index is 600. The van der Waals surface area contributed by atoms with Gasteiger partial charge in [-0.05, 0) is 37.9 Å². The molecule has 24 heavy (non-hydrogen) atoms. The predicted molar refractivity (Wildman–Crippen MR) is 95.0 cm³/mol. The van der Waals surface area contributed by atoms with Crippen LogP contribution < -0.4 is 5.32 Å². The lowest BCUT2D eigenvalue weighted by Gasteiger charge is -2.34. The summed E-state index contributed by atoms with van der Waals surface area (Å²) in [5.74, 6) is 0.610. The van der Waals surface area contributed by atoms with Crippen molar-refractivity contribution in [3.63, 3.8) is 0 Å². The topological polar surface area (TPSA) is 82.2 Å². The van der Waals surface area contributed by atoms with Gasteiger partial charge in [-0.3, -0.25) is 15.0 Å². The third-order valence-corrected chi connectivity index (χ3v) is 5.04. The summed E-state index contributed by atoms with van der Waals surface area (Å²) in [6.07, 6.45) is 4.75. The molecule has 0 spiro atoms. The lowest BCUT2D eigenvalue weighted by atomic mass is 9.92. The summed E-state index contributed by atoms with van der Waals surface area (Å²) in [6.45, 7) is 7.48. The van der Waals surface area contributed by atoms with Gasteiger partial charge >= 0.3 is 0 Å². The molecule has 0 amide bonds. The SMILES string of the molecule is CCC(CC)[C@H](CNc1ccc([N+](=O)[O-])cc1C#N)N1CCCC1. The molecule has 0 aliphatic carbocycles. The van der Waals surface area contributed by atoms with Crippen molar-refractivity contribution < 1.29 is 4.92 Å². The number of rotatable bonds is 8. The zero-order valence-corrected chi connectivity index (χ0v) is 14.5. The Balaban J connectivity index is 2.13. The smallest absolute Gasteiger partial charge is 0.270 e. The third-order valence-electron chi connectivity index (χ3n) is 5.04. The van der Waals surface area contributed by atoms with Crippen molar-refractivity contribution in [1.82, 2.24) is 4.90 Å². The molecule has 1 heterocycles. The first kappa shape index (κ1) is 18.2. The van der Waals surface area contributed by atoms with Crippen LogP contribution in [0.2, 0.25) is 0 Å². The molecule has 6 heteroatoms. The van der Waals surface area contributed by atoms with E-state index in [1.165, 1.54) is 25.0 Å². The highest BCUT2D eigenvalue weighted by Crippen LogP contribution is 2.25. The number of hydrogen-bond acceptors (Lipinski definition) is 5. The minimum absolute atomic E-state index is 0.0480. The number of nitrogens with zero attached hydrogens (tertiary/aromatic N) is 3. The van der Waals surface area contributed by atoms with Gasteiger partial charge in [-0.25, -0.2) is 0 Å². The molecule has 0 radical (unpaired) electrons. The van der Waals surface area contributed by atoms with Gasteiger partial charge in [-0.15, -0.1) is 0 Å². The van der Waals surface area contributed by atoms with Crippen LogP contribution in [0.1, 0.15) is 45.1 Å². The van der Waals surface area contributed by atoms with E-state index in [2.05, 4.69) is 30.1 Å². The molecule has 0 aromatic heterocycles. The zero-order chi connectivity index (χ0) is 17.5. The van der Waals surface area contributed by atoms with E-state index in [1.807, 2.05) is 0 Å². The van der Waals surface area contributed by atoms with Gasteiger partial charge in [0.2, 0.25) is 0 Å². The van der Waals surface area contributed by atoms with Gasteiger partial charge in [0, 0.05) is 24.7 Å². The summed E-state index contributed by atoms with van der Waals surface area (Å²) in [6, 6.07) is 6.93. The molecule has 2 rings (SSSR count). The van der Waals surface area contributed by atoms with E-state index in [9.17, 15) is 15.4 Å². The van der Waals surface area contributed by atoms with Crippen molar-refractivity contribution in [2.45, 2.75) is 45.6 Å². The van der Waals surface area contributed by atoms with E-state index in [0.717, 1.165) is 32.5 Å². The Morgan fingerprint density at radius 2 is 2.00 bits per heavy atom. The Morgan fingerprint density at radius 1 is 1.33 bits per heavy atom. The van der Waals surface area contributed by atoms with Crippen LogP contribution in [-0.4, -0.2) is 35.5 Å². The molecular formula is C18H26N4O2. The second-order valence-corrected chi connectivity index (χ2v) is 6.37.